The number of rotatable bonds is 4. The Balaban J connectivity index is 1.75. The lowest BCUT2D eigenvalue weighted by atomic mass is 10.2. The van der Waals surface area contributed by atoms with Gasteiger partial charge in [-0.1, -0.05) is 30.3 Å². The van der Waals surface area contributed by atoms with Gasteiger partial charge in [-0.15, -0.1) is 0 Å². The van der Waals surface area contributed by atoms with Crippen molar-refractivity contribution in [1.29, 1.82) is 0 Å². The van der Waals surface area contributed by atoms with Crippen molar-refractivity contribution in [2.75, 3.05) is 0 Å². The van der Waals surface area contributed by atoms with E-state index < -0.39 is 0 Å². The zero-order chi connectivity index (χ0) is 15.4. The van der Waals surface area contributed by atoms with Crippen LogP contribution in [0.2, 0.25) is 0 Å². The third kappa shape index (κ3) is 3.03. The summed E-state index contributed by atoms with van der Waals surface area (Å²) in [5, 5.41) is 2.77. The van der Waals surface area contributed by atoms with Gasteiger partial charge in [0.15, 0.2) is 0 Å². The monoisotopic (exact) mass is 295 g/mol. The number of nitrogens with one attached hydrogen (secondary N) is 1. The van der Waals surface area contributed by atoms with Crippen LogP contribution in [0.15, 0.2) is 67.1 Å². The van der Waals surface area contributed by atoms with Crippen molar-refractivity contribution in [3.63, 3.8) is 0 Å². The van der Waals surface area contributed by atoms with E-state index in [0.717, 1.165) is 5.69 Å². The van der Waals surface area contributed by atoms with Gasteiger partial charge in [-0.3, -0.25) is 9.36 Å². The second-order valence-corrected chi connectivity index (χ2v) is 4.80. The number of carbonyl (C=O) groups excluding carboxylic acids is 1. The van der Waals surface area contributed by atoms with Crippen molar-refractivity contribution in [2.45, 2.75) is 6.54 Å². The van der Waals surface area contributed by atoms with E-state index in [4.69, 9.17) is 0 Å². The molecule has 0 unspecified atom stereocenters. The van der Waals surface area contributed by atoms with E-state index in [1.807, 2.05) is 30.3 Å². The predicted octanol–water partition coefficient (Wildman–Crippen LogP) is 2.94. The molecule has 22 heavy (non-hydrogen) atoms. The van der Waals surface area contributed by atoms with Crippen LogP contribution in [0.25, 0.3) is 5.69 Å². The molecule has 0 saturated heterocycles. The van der Waals surface area contributed by atoms with E-state index in [0.29, 0.717) is 11.3 Å². The molecule has 5 heteroatoms. The van der Waals surface area contributed by atoms with E-state index >= 15 is 0 Å². The molecule has 0 spiro atoms. The van der Waals surface area contributed by atoms with Crippen LogP contribution < -0.4 is 5.32 Å². The molecule has 0 saturated carbocycles. The van der Waals surface area contributed by atoms with Gasteiger partial charge in [-0.2, -0.15) is 0 Å². The molecule has 0 atom stereocenters. The predicted molar refractivity (Wildman–Crippen MR) is 81.1 cm³/mol. The Morgan fingerprint density at radius 3 is 2.73 bits per heavy atom. The first-order chi connectivity index (χ1) is 10.7. The average molecular weight is 295 g/mol. The maximum absolute atomic E-state index is 13.1. The summed E-state index contributed by atoms with van der Waals surface area (Å²) in [4.78, 5) is 16.3. The van der Waals surface area contributed by atoms with E-state index in [-0.39, 0.29) is 18.3 Å². The SMILES string of the molecule is O=C(NCc1cccc(F)c1)c1cncn1-c1ccccc1. The third-order valence-corrected chi connectivity index (χ3v) is 3.25. The molecule has 1 N–H and O–H groups in total. The van der Waals surface area contributed by atoms with Crippen molar-refractivity contribution >= 4 is 5.91 Å². The van der Waals surface area contributed by atoms with E-state index in [1.165, 1.54) is 18.3 Å². The normalized spacial score (nSPS) is 10.4. The maximum atomic E-state index is 13.1. The highest BCUT2D eigenvalue weighted by Gasteiger charge is 2.12. The highest BCUT2D eigenvalue weighted by Crippen LogP contribution is 2.11. The molecule has 0 aliphatic carbocycles. The average Bonchev–Trinajstić information content (AvgIpc) is 3.03. The fourth-order valence-corrected chi connectivity index (χ4v) is 2.18. The Morgan fingerprint density at radius 2 is 1.95 bits per heavy atom. The van der Waals surface area contributed by atoms with Crippen molar-refractivity contribution in [1.82, 2.24) is 14.9 Å². The van der Waals surface area contributed by atoms with Crippen LogP contribution in [-0.4, -0.2) is 15.5 Å². The van der Waals surface area contributed by atoms with Crippen LogP contribution in [0.3, 0.4) is 0 Å². The number of imidazole rings is 1. The molecule has 0 fully saturated rings. The molecule has 2 aromatic carbocycles. The molecule has 110 valence electrons. The molecule has 3 aromatic rings. The second kappa shape index (κ2) is 6.22. The number of hydrogen-bond donors (Lipinski definition) is 1. The summed E-state index contributed by atoms with van der Waals surface area (Å²) >= 11 is 0. The standard InChI is InChI=1S/C17H14FN3O/c18-14-6-4-5-13(9-14)10-20-17(22)16-11-19-12-21(16)15-7-2-1-3-8-15/h1-9,11-12H,10H2,(H,20,22). The molecule has 1 aromatic heterocycles. The van der Waals surface area contributed by atoms with E-state index in [1.54, 1.807) is 23.0 Å². The first-order valence-corrected chi connectivity index (χ1v) is 6.84. The summed E-state index contributed by atoms with van der Waals surface area (Å²) in [6, 6.07) is 15.6. The largest absolute Gasteiger partial charge is 0.347 e. The van der Waals surface area contributed by atoms with Crippen LogP contribution >= 0.6 is 0 Å². The molecular formula is C17H14FN3O. The number of carbonyl (C=O) groups is 1. The Labute approximate surface area is 127 Å². The van der Waals surface area contributed by atoms with Gasteiger partial charge in [-0.25, -0.2) is 9.37 Å². The number of hydrogen-bond acceptors (Lipinski definition) is 2. The molecule has 0 radical (unpaired) electrons. The van der Waals surface area contributed by atoms with Crippen molar-refractivity contribution in [3.05, 3.63) is 84.2 Å². The second-order valence-electron chi connectivity index (χ2n) is 4.80. The van der Waals surface area contributed by atoms with E-state index in [2.05, 4.69) is 10.3 Å². The van der Waals surface area contributed by atoms with E-state index in [9.17, 15) is 9.18 Å². The summed E-state index contributed by atoms with van der Waals surface area (Å²) in [6.07, 6.45) is 3.10. The number of amides is 1. The number of para-hydroxylation sites is 1. The fraction of sp³-hybridized carbons (Fsp3) is 0.0588. The highest BCUT2D eigenvalue weighted by atomic mass is 19.1. The van der Waals surface area contributed by atoms with Gasteiger partial charge < -0.3 is 5.32 Å². The lowest BCUT2D eigenvalue weighted by molar-refractivity contribution is 0.0944. The van der Waals surface area contributed by atoms with Gasteiger partial charge in [-0.05, 0) is 29.8 Å². The lowest BCUT2D eigenvalue weighted by Crippen LogP contribution is -2.25. The summed E-state index contributed by atoms with van der Waals surface area (Å²) in [5.41, 5.74) is 2.00. The minimum absolute atomic E-state index is 0.259. The molecule has 0 bridgehead atoms. The van der Waals surface area contributed by atoms with Gasteiger partial charge in [0.1, 0.15) is 11.5 Å². The number of nitrogens with zero attached hydrogens (tertiary/aromatic N) is 2. The van der Waals surface area contributed by atoms with Gasteiger partial charge in [0.05, 0.1) is 12.5 Å². The quantitative estimate of drug-likeness (QED) is 0.804. The first kappa shape index (κ1) is 14.0. The minimum Gasteiger partial charge on any atom is -0.347 e. The Kier molecular flexibility index (Phi) is 3.96. The van der Waals surface area contributed by atoms with Gasteiger partial charge in [0.2, 0.25) is 0 Å². The summed E-state index contributed by atoms with van der Waals surface area (Å²) in [6.45, 7) is 0.260. The molecule has 3 rings (SSSR count). The summed E-state index contributed by atoms with van der Waals surface area (Å²) < 4.78 is 14.8. The highest BCUT2D eigenvalue weighted by molar-refractivity contribution is 5.92. The number of halogens is 1. The number of benzene rings is 2. The van der Waals surface area contributed by atoms with Crippen LogP contribution in [0, 0.1) is 5.82 Å². The van der Waals surface area contributed by atoms with Crippen LogP contribution in [0.4, 0.5) is 4.39 Å². The minimum atomic E-state index is -0.318. The maximum Gasteiger partial charge on any atom is 0.270 e. The molecule has 0 aliphatic heterocycles. The van der Waals surface area contributed by atoms with Gasteiger partial charge in [0, 0.05) is 12.2 Å². The smallest absolute Gasteiger partial charge is 0.270 e. The summed E-state index contributed by atoms with van der Waals surface area (Å²) in [5.74, 6) is -0.577. The van der Waals surface area contributed by atoms with Crippen molar-refractivity contribution < 1.29 is 9.18 Å². The molecular weight excluding hydrogens is 281 g/mol. The first-order valence-electron chi connectivity index (χ1n) is 6.84. The zero-order valence-corrected chi connectivity index (χ0v) is 11.7. The molecule has 0 aliphatic rings. The molecule has 1 heterocycles. The van der Waals surface area contributed by atoms with Crippen LogP contribution in [-0.2, 0) is 6.54 Å². The Hall–Kier alpha value is -2.95. The van der Waals surface area contributed by atoms with Crippen molar-refractivity contribution in [2.24, 2.45) is 0 Å². The van der Waals surface area contributed by atoms with Crippen molar-refractivity contribution in [3.8, 4) is 5.69 Å². The van der Waals surface area contributed by atoms with Gasteiger partial charge >= 0.3 is 0 Å². The summed E-state index contributed by atoms with van der Waals surface area (Å²) in [7, 11) is 0. The third-order valence-electron chi connectivity index (χ3n) is 3.25. The lowest BCUT2D eigenvalue weighted by Gasteiger charge is -2.09. The molecule has 1 amide bonds. The van der Waals surface area contributed by atoms with Crippen LogP contribution in [0.1, 0.15) is 16.1 Å². The Morgan fingerprint density at radius 1 is 1.14 bits per heavy atom. The number of aromatic nitrogens is 2. The topological polar surface area (TPSA) is 46.9 Å². The zero-order valence-electron chi connectivity index (χ0n) is 11.7. The molecule has 4 nitrogen and oxygen atoms in total. The fourth-order valence-electron chi connectivity index (χ4n) is 2.18. The Bertz CT molecular complexity index is 783. The van der Waals surface area contributed by atoms with Crippen LogP contribution in [0.5, 0.6) is 0 Å². The van der Waals surface area contributed by atoms with Gasteiger partial charge in [0.25, 0.3) is 5.91 Å².